The molecule has 2 aliphatic rings. The highest BCUT2D eigenvalue weighted by Gasteiger charge is 2.49. The van der Waals surface area contributed by atoms with Crippen molar-refractivity contribution >= 4 is 7.12 Å². The second kappa shape index (κ2) is 7.93. The van der Waals surface area contributed by atoms with Gasteiger partial charge in [0, 0.05) is 6.61 Å². The summed E-state index contributed by atoms with van der Waals surface area (Å²) >= 11 is 0. The van der Waals surface area contributed by atoms with Crippen LogP contribution in [-0.2, 0) is 23.5 Å². The minimum absolute atomic E-state index is 0.0438. The molecule has 2 heterocycles. The molecule has 5 nitrogen and oxygen atoms in total. The minimum Gasteiger partial charge on any atom is -0.400 e. The van der Waals surface area contributed by atoms with Gasteiger partial charge in [-0.1, -0.05) is 12.1 Å². The minimum atomic E-state index is -0.305. The van der Waals surface area contributed by atoms with Crippen molar-refractivity contribution < 1.29 is 23.5 Å². The van der Waals surface area contributed by atoms with E-state index in [4.69, 9.17) is 23.5 Å². The zero-order chi connectivity index (χ0) is 16.1. The van der Waals surface area contributed by atoms with Gasteiger partial charge in [0.05, 0.1) is 31.0 Å². The molecule has 0 aromatic rings. The molecule has 0 aliphatic carbocycles. The monoisotopic (exact) mass is 312 g/mol. The van der Waals surface area contributed by atoms with Crippen LogP contribution in [0.5, 0.6) is 0 Å². The van der Waals surface area contributed by atoms with Crippen LogP contribution < -0.4 is 0 Å². The maximum atomic E-state index is 5.87. The lowest BCUT2D eigenvalue weighted by atomic mass is 9.90. The summed E-state index contributed by atoms with van der Waals surface area (Å²) < 4.78 is 28.3. The van der Waals surface area contributed by atoms with Crippen LogP contribution in [0.4, 0.5) is 0 Å². The van der Waals surface area contributed by atoms with Crippen LogP contribution in [0, 0.1) is 0 Å². The van der Waals surface area contributed by atoms with E-state index in [-0.39, 0.29) is 24.6 Å². The van der Waals surface area contributed by atoms with Gasteiger partial charge in [0.25, 0.3) is 0 Å². The maximum absolute atomic E-state index is 5.87. The lowest BCUT2D eigenvalue weighted by Crippen LogP contribution is -2.41. The van der Waals surface area contributed by atoms with Gasteiger partial charge in [0.15, 0.2) is 6.29 Å². The van der Waals surface area contributed by atoms with Crippen molar-refractivity contribution in [3.8, 4) is 0 Å². The highest BCUT2D eigenvalue weighted by atomic mass is 16.7. The number of rotatable bonds is 7. The van der Waals surface area contributed by atoms with Gasteiger partial charge < -0.3 is 23.5 Å². The van der Waals surface area contributed by atoms with Gasteiger partial charge in [-0.2, -0.15) is 0 Å². The first-order valence-electron chi connectivity index (χ1n) is 8.24. The Morgan fingerprint density at radius 2 is 1.82 bits per heavy atom. The summed E-state index contributed by atoms with van der Waals surface area (Å²) in [5, 5.41) is 0. The van der Waals surface area contributed by atoms with Crippen LogP contribution in [0.3, 0.4) is 0 Å². The summed E-state index contributed by atoms with van der Waals surface area (Å²) in [7, 11) is -0.305. The Morgan fingerprint density at radius 1 is 1.09 bits per heavy atom. The predicted octanol–water partition coefficient (Wildman–Crippen LogP) is 2.73. The summed E-state index contributed by atoms with van der Waals surface area (Å²) in [6, 6.07) is 0. The molecule has 2 rings (SSSR count). The molecule has 1 atom stereocenters. The van der Waals surface area contributed by atoms with Crippen molar-refractivity contribution in [2.24, 2.45) is 0 Å². The summed E-state index contributed by atoms with van der Waals surface area (Å²) in [4.78, 5) is 0. The van der Waals surface area contributed by atoms with Crippen LogP contribution in [0.1, 0.15) is 47.0 Å². The van der Waals surface area contributed by atoms with Crippen LogP contribution in [0.2, 0.25) is 0 Å². The molecule has 1 unspecified atom stereocenters. The van der Waals surface area contributed by atoms with Crippen LogP contribution in [0.15, 0.2) is 12.1 Å². The second-order valence-electron chi connectivity index (χ2n) is 6.79. The molecule has 0 aromatic heterocycles. The lowest BCUT2D eigenvalue weighted by molar-refractivity contribution is -0.168. The van der Waals surface area contributed by atoms with E-state index in [1.54, 1.807) is 0 Å². The first-order chi connectivity index (χ1) is 10.4. The Bertz CT molecular complexity index is 348. The standard InChI is InChI=1S/C16H29BO5/c1-15(2)16(3,4)22-17(21-15)9-7-10-18-12-13-20-14-8-5-6-11-19-14/h7,9,14H,5-6,8,10-13H2,1-4H3. The van der Waals surface area contributed by atoms with E-state index in [2.05, 4.69) is 0 Å². The average molecular weight is 312 g/mol. The molecule has 0 radical (unpaired) electrons. The van der Waals surface area contributed by atoms with Gasteiger partial charge in [-0.05, 0) is 47.0 Å². The maximum Gasteiger partial charge on any atom is 0.486 e. The fourth-order valence-electron chi connectivity index (χ4n) is 2.37. The van der Waals surface area contributed by atoms with Crippen molar-refractivity contribution in [3.05, 3.63) is 12.1 Å². The lowest BCUT2D eigenvalue weighted by Gasteiger charge is -2.32. The van der Waals surface area contributed by atoms with Gasteiger partial charge in [0.1, 0.15) is 0 Å². The van der Waals surface area contributed by atoms with Gasteiger partial charge >= 0.3 is 7.12 Å². The largest absolute Gasteiger partial charge is 0.486 e. The molecular formula is C16H29BO5. The zero-order valence-corrected chi connectivity index (χ0v) is 14.3. The van der Waals surface area contributed by atoms with Crippen molar-refractivity contribution in [1.82, 2.24) is 0 Å². The Labute approximate surface area is 134 Å². The highest BCUT2D eigenvalue weighted by molar-refractivity contribution is 6.51. The molecule has 0 saturated carbocycles. The summed E-state index contributed by atoms with van der Waals surface area (Å²) in [5.41, 5.74) is -0.590. The van der Waals surface area contributed by atoms with E-state index in [9.17, 15) is 0 Å². The number of ether oxygens (including phenoxy) is 3. The second-order valence-corrected chi connectivity index (χ2v) is 6.79. The van der Waals surface area contributed by atoms with Crippen LogP contribution in [-0.4, -0.2) is 51.0 Å². The molecule has 2 aliphatic heterocycles. The molecule has 0 bridgehead atoms. The van der Waals surface area contributed by atoms with E-state index in [0.29, 0.717) is 19.8 Å². The summed E-state index contributed by atoms with van der Waals surface area (Å²) in [6.07, 6.45) is 5.20. The third-order valence-corrected chi connectivity index (χ3v) is 4.45. The average Bonchev–Trinajstić information content (AvgIpc) is 2.67. The van der Waals surface area contributed by atoms with Crippen molar-refractivity contribution in [2.75, 3.05) is 26.4 Å². The third kappa shape index (κ3) is 5.06. The third-order valence-electron chi connectivity index (χ3n) is 4.45. The highest BCUT2D eigenvalue weighted by Crippen LogP contribution is 2.36. The zero-order valence-electron chi connectivity index (χ0n) is 14.3. The molecule has 6 heteroatoms. The Hall–Kier alpha value is -0.395. The molecule has 0 amide bonds. The van der Waals surface area contributed by atoms with Gasteiger partial charge in [-0.3, -0.25) is 0 Å². The van der Waals surface area contributed by atoms with E-state index in [1.165, 1.54) is 6.42 Å². The SMILES string of the molecule is CC1(C)OB(C=CCOCCOC2CCCCO2)OC1(C)C. The molecule has 0 spiro atoms. The van der Waals surface area contributed by atoms with Crippen molar-refractivity contribution in [2.45, 2.75) is 64.4 Å². The topological polar surface area (TPSA) is 46.2 Å². The van der Waals surface area contributed by atoms with Gasteiger partial charge in [-0.15, -0.1) is 0 Å². The molecule has 0 N–H and O–H groups in total. The molecular weight excluding hydrogens is 283 g/mol. The summed E-state index contributed by atoms with van der Waals surface area (Å²) in [6.45, 7) is 10.6. The number of hydrogen-bond acceptors (Lipinski definition) is 5. The Morgan fingerprint density at radius 3 is 2.45 bits per heavy atom. The van der Waals surface area contributed by atoms with E-state index in [1.807, 2.05) is 39.7 Å². The molecule has 0 aromatic carbocycles. The first kappa shape index (κ1) is 18.0. The van der Waals surface area contributed by atoms with Crippen LogP contribution >= 0.6 is 0 Å². The smallest absolute Gasteiger partial charge is 0.400 e. The molecule has 2 saturated heterocycles. The fourth-order valence-corrected chi connectivity index (χ4v) is 2.37. The van der Waals surface area contributed by atoms with E-state index in [0.717, 1.165) is 19.4 Å². The normalized spacial score (nSPS) is 27.6. The van der Waals surface area contributed by atoms with Gasteiger partial charge in [0.2, 0.25) is 0 Å². The fraction of sp³-hybridized carbons (Fsp3) is 0.875. The van der Waals surface area contributed by atoms with E-state index >= 15 is 0 Å². The molecule has 2 fully saturated rings. The van der Waals surface area contributed by atoms with Crippen molar-refractivity contribution in [3.63, 3.8) is 0 Å². The quantitative estimate of drug-likeness (QED) is 0.534. The first-order valence-corrected chi connectivity index (χ1v) is 8.24. The summed E-state index contributed by atoms with van der Waals surface area (Å²) in [5.74, 6) is 1.90. The van der Waals surface area contributed by atoms with Crippen molar-refractivity contribution in [1.29, 1.82) is 0 Å². The Kier molecular flexibility index (Phi) is 6.47. The van der Waals surface area contributed by atoms with Crippen LogP contribution in [0.25, 0.3) is 0 Å². The molecule has 126 valence electrons. The predicted molar refractivity (Wildman–Crippen MR) is 85.6 cm³/mol. The molecule has 22 heavy (non-hydrogen) atoms. The number of hydrogen-bond donors (Lipinski definition) is 0. The van der Waals surface area contributed by atoms with E-state index < -0.39 is 0 Å². The van der Waals surface area contributed by atoms with Gasteiger partial charge in [-0.25, -0.2) is 0 Å². The Balaban J connectivity index is 1.53.